The fourth-order valence-electron chi connectivity index (χ4n) is 2.48. The Morgan fingerprint density at radius 1 is 1.23 bits per heavy atom. The van der Waals surface area contributed by atoms with E-state index >= 15 is 0 Å². The van der Waals surface area contributed by atoms with Crippen molar-refractivity contribution < 1.29 is 30.0 Å². The third-order valence-electron chi connectivity index (χ3n) is 3.72. The summed E-state index contributed by atoms with van der Waals surface area (Å²) in [5.74, 6) is -1.97. The average molecular weight is 358 g/mol. The lowest BCUT2D eigenvalue weighted by Crippen LogP contribution is -2.03. The molecule has 0 radical (unpaired) electrons. The maximum Gasteiger partial charge on any atom is 0.343 e. The second-order valence-electron chi connectivity index (χ2n) is 6.32. The normalized spacial score (nSPS) is 11.3. The van der Waals surface area contributed by atoms with Crippen molar-refractivity contribution in [3.05, 3.63) is 52.6 Å². The van der Waals surface area contributed by atoms with E-state index < -0.39 is 23.9 Å². The SMILES string of the molecule is Cc1cc(O)c(Oc2ccc(/C=C/C(C)C)c(O)c2C(=O)O)c(CO)c1. The van der Waals surface area contributed by atoms with Crippen molar-refractivity contribution in [2.75, 3.05) is 0 Å². The Balaban J connectivity index is 2.55. The zero-order chi connectivity index (χ0) is 19.4. The number of hydrogen-bond donors (Lipinski definition) is 4. The number of hydrogen-bond acceptors (Lipinski definition) is 5. The first-order chi connectivity index (χ1) is 12.2. The van der Waals surface area contributed by atoms with Gasteiger partial charge in [0.15, 0.2) is 11.5 Å². The molecule has 0 fully saturated rings. The number of phenols is 2. The zero-order valence-corrected chi connectivity index (χ0v) is 14.9. The van der Waals surface area contributed by atoms with Crippen molar-refractivity contribution in [3.8, 4) is 23.0 Å². The van der Waals surface area contributed by atoms with Crippen LogP contribution in [0.3, 0.4) is 0 Å². The summed E-state index contributed by atoms with van der Waals surface area (Å²) in [6, 6.07) is 5.99. The minimum Gasteiger partial charge on any atom is -0.506 e. The van der Waals surface area contributed by atoms with Gasteiger partial charge in [-0.2, -0.15) is 0 Å². The van der Waals surface area contributed by atoms with E-state index in [-0.39, 0.29) is 23.2 Å². The molecule has 0 atom stereocenters. The van der Waals surface area contributed by atoms with E-state index in [9.17, 15) is 25.2 Å². The smallest absolute Gasteiger partial charge is 0.343 e. The van der Waals surface area contributed by atoms with Gasteiger partial charge in [0.05, 0.1) is 6.61 Å². The van der Waals surface area contributed by atoms with E-state index in [0.29, 0.717) is 11.1 Å². The van der Waals surface area contributed by atoms with E-state index in [1.165, 1.54) is 18.2 Å². The molecule has 0 aliphatic heterocycles. The Morgan fingerprint density at radius 3 is 2.50 bits per heavy atom. The van der Waals surface area contributed by atoms with Crippen LogP contribution in [0.2, 0.25) is 0 Å². The monoisotopic (exact) mass is 358 g/mol. The van der Waals surface area contributed by atoms with Gasteiger partial charge in [0.1, 0.15) is 17.1 Å². The Bertz CT molecular complexity index is 852. The highest BCUT2D eigenvalue weighted by molar-refractivity contribution is 5.95. The molecule has 138 valence electrons. The summed E-state index contributed by atoms with van der Waals surface area (Å²) < 4.78 is 5.57. The molecule has 0 saturated carbocycles. The molecule has 2 aromatic carbocycles. The molecule has 0 spiro atoms. The van der Waals surface area contributed by atoms with Crippen LogP contribution >= 0.6 is 0 Å². The van der Waals surface area contributed by atoms with Gasteiger partial charge in [0, 0.05) is 11.1 Å². The number of allylic oxidation sites excluding steroid dienone is 1. The van der Waals surface area contributed by atoms with Crippen molar-refractivity contribution in [2.24, 2.45) is 5.92 Å². The van der Waals surface area contributed by atoms with Gasteiger partial charge in [0.2, 0.25) is 0 Å². The van der Waals surface area contributed by atoms with Gasteiger partial charge in [-0.25, -0.2) is 4.79 Å². The molecular formula is C20H22O6. The first-order valence-electron chi connectivity index (χ1n) is 8.13. The Morgan fingerprint density at radius 2 is 1.92 bits per heavy atom. The minimum absolute atomic E-state index is 0.0505. The summed E-state index contributed by atoms with van der Waals surface area (Å²) in [5.41, 5.74) is 0.954. The highest BCUT2D eigenvalue weighted by Crippen LogP contribution is 2.40. The van der Waals surface area contributed by atoms with Crippen LogP contribution in [0.4, 0.5) is 0 Å². The molecule has 0 bridgehead atoms. The summed E-state index contributed by atoms with van der Waals surface area (Å²) in [4.78, 5) is 11.6. The van der Waals surface area contributed by atoms with Crippen LogP contribution in [-0.2, 0) is 6.61 Å². The van der Waals surface area contributed by atoms with Crippen molar-refractivity contribution >= 4 is 12.0 Å². The molecule has 26 heavy (non-hydrogen) atoms. The van der Waals surface area contributed by atoms with Crippen LogP contribution in [0, 0.1) is 12.8 Å². The number of benzene rings is 2. The van der Waals surface area contributed by atoms with Crippen LogP contribution in [0.15, 0.2) is 30.3 Å². The highest BCUT2D eigenvalue weighted by atomic mass is 16.5. The lowest BCUT2D eigenvalue weighted by atomic mass is 10.0. The number of carbonyl (C=O) groups is 1. The standard InChI is InChI=1S/C20H22O6/c1-11(2)4-5-13-6-7-16(17(18(13)23)20(24)25)26-19-14(10-21)8-12(3)9-15(19)22/h4-9,11,21-23H,10H2,1-3H3,(H,24,25)/b5-4+. The predicted molar refractivity (Wildman–Crippen MR) is 97.8 cm³/mol. The van der Waals surface area contributed by atoms with Crippen LogP contribution < -0.4 is 4.74 Å². The molecule has 2 aromatic rings. The first-order valence-corrected chi connectivity index (χ1v) is 8.13. The van der Waals surface area contributed by atoms with Gasteiger partial charge in [-0.15, -0.1) is 0 Å². The molecule has 0 aromatic heterocycles. The lowest BCUT2D eigenvalue weighted by molar-refractivity contribution is 0.0690. The van der Waals surface area contributed by atoms with Crippen LogP contribution in [-0.4, -0.2) is 26.4 Å². The van der Waals surface area contributed by atoms with Crippen molar-refractivity contribution in [1.82, 2.24) is 0 Å². The number of aliphatic hydroxyl groups is 1. The fraction of sp³-hybridized carbons (Fsp3) is 0.250. The molecule has 2 rings (SSSR count). The Hall–Kier alpha value is -2.99. The lowest BCUT2D eigenvalue weighted by Gasteiger charge is -2.15. The van der Waals surface area contributed by atoms with Crippen LogP contribution in [0.5, 0.6) is 23.0 Å². The largest absolute Gasteiger partial charge is 0.506 e. The fourth-order valence-corrected chi connectivity index (χ4v) is 2.48. The number of aliphatic hydroxyl groups excluding tert-OH is 1. The minimum atomic E-state index is -1.37. The van der Waals surface area contributed by atoms with E-state index in [1.54, 1.807) is 19.1 Å². The number of rotatable bonds is 6. The molecule has 0 aliphatic rings. The summed E-state index contributed by atoms with van der Waals surface area (Å²) in [6.45, 7) is 5.26. The van der Waals surface area contributed by atoms with Gasteiger partial charge in [-0.1, -0.05) is 26.0 Å². The molecule has 6 nitrogen and oxygen atoms in total. The Labute approximate surface area is 151 Å². The third-order valence-corrected chi connectivity index (χ3v) is 3.72. The molecule has 0 unspecified atom stereocenters. The zero-order valence-electron chi connectivity index (χ0n) is 14.9. The second kappa shape index (κ2) is 7.93. The first kappa shape index (κ1) is 19.3. The molecule has 0 amide bonds. The molecule has 0 saturated heterocycles. The maximum atomic E-state index is 11.6. The molecule has 4 N–H and O–H groups in total. The second-order valence-corrected chi connectivity index (χ2v) is 6.32. The molecule has 6 heteroatoms. The number of aromatic carboxylic acids is 1. The summed E-state index contributed by atoms with van der Waals surface area (Å²) >= 11 is 0. The number of phenolic OH excluding ortho intramolecular Hbond substituents is 1. The quantitative estimate of drug-likeness (QED) is 0.620. The average Bonchev–Trinajstić information content (AvgIpc) is 2.55. The summed E-state index contributed by atoms with van der Waals surface area (Å²) in [7, 11) is 0. The van der Waals surface area contributed by atoms with Gasteiger partial charge >= 0.3 is 5.97 Å². The van der Waals surface area contributed by atoms with Gasteiger partial charge < -0.3 is 25.2 Å². The highest BCUT2D eigenvalue weighted by Gasteiger charge is 2.22. The van der Waals surface area contributed by atoms with E-state index in [0.717, 1.165) is 5.56 Å². The van der Waals surface area contributed by atoms with E-state index in [1.807, 2.05) is 19.9 Å². The Kier molecular flexibility index (Phi) is 5.90. The molecular weight excluding hydrogens is 336 g/mol. The van der Waals surface area contributed by atoms with Crippen LogP contribution in [0.25, 0.3) is 6.08 Å². The van der Waals surface area contributed by atoms with Crippen molar-refractivity contribution in [3.63, 3.8) is 0 Å². The number of ether oxygens (including phenoxy) is 1. The maximum absolute atomic E-state index is 11.6. The number of aryl methyl sites for hydroxylation is 1. The topological polar surface area (TPSA) is 107 Å². The molecule has 0 heterocycles. The molecule has 0 aliphatic carbocycles. The van der Waals surface area contributed by atoms with Crippen LogP contribution in [0.1, 0.15) is 40.9 Å². The van der Waals surface area contributed by atoms with Crippen molar-refractivity contribution in [2.45, 2.75) is 27.4 Å². The number of carboxylic acid groups (broad SMARTS) is 1. The van der Waals surface area contributed by atoms with Crippen molar-refractivity contribution in [1.29, 1.82) is 0 Å². The number of aromatic hydroxyl groups is 2. The van der Waals surface area contributed by atoms with Gasteiger partial charge in [-0.3, -0.25) is 0 Å². The van der Waals surface area contributed by atoms with Gasteiger partial charge in [0.25, 0.3) is 0 Å². The summed E-state index contributed by atoms with van der Waals surface area (Å²) in [5, 5.41) is 39.4. The van der Waals surface area contributed by atoms with Gasteiger partial charge in [-0.05, 0) is 42.7 Å². The third kappa shape index (κ3) is 4.15. The number of carboxylic acids is 1. The summed E-state index contributed by atoms with van der Waals surface area (Å²) in [6.07, 6.45) is 3.47. The predicted octanol–water partition coefficient (Wildman–Crippen LogP) is 4.06. The van der Waals surface area contributed by atoms with E-state index in [4.69, 9.17) is 4.74 Å². The van der Waals surface area contributed by atoms with E-state index in [2.05, 4.69) is 0 Å².